The van der Waals surface area contributed by atoms with Crippen molar-refractivity contribution in [3.8, 4) is 56.0 Å². The predicted octanol–water partition coefficient (Wildman–Crippen LogP) is 11.5. The number of furan rings is 1. The maximum atomic E-state index is 6.23. The van der Waals surface area contributed by atoms with Gasteiger partial charge in [0.1, 0.15) is 22.7 Å². The van der Waals surface area contributed by atoms with Crippen LogP contribution in [0.3, 0.4) is 0 Å². The molecule has 2 heterocycles. The summed E-state index contributed by atoms with van der Waals surface area (Å²) in [6.45, 7) is 0. The van der Waals surface area contributed by atoms with Gasteiger partial charge in [-0.15, -0.1) is 0 Å². The summed E-state index contributed by atoms with van der Waals surface area (Å²) < 4.78 is 12.3. The molecule has 1 aliphatic rings. The average molecular weight is 537 g/mol. The molecule has 0 atom stereocenters. The Bertz CT molecular complexity index is 2310. The molecule has 9 rings (SSSR count). The lowest BCUT2D eigenvalue weighted by atomic mass is 9.90. The van der Waals surface area contributed by atoms with Crippen LogP contribution in [0.1, 0.15) is 0 Å². The minimum atomic E-state index is 0.908. The van der Waals surface area contributed by atoms with Crippen molar-refractivity contribution in [1.29, 1.82) is 0 Å². The zero-order valence-corrected chi connectivity index (χ0v) is 22.7. The van der Waals surface area contributed by atoms with Gasteiger partial charge in [0.25, 0.3) is 0 Å². The van der Waals surface area contributed by atoms with Crippen molar-refractivity contribution in [3.05, 3.63) is 146 Å². The molecule has 1 aromatic heterocycles. The summed E-state index contributed by atoms with van der Waals surface area (Å²) in [6.07, 6.45) is 0. The Kier molecular flexibility index (Phi) is 4.93. The SMILES string of the molecule is c1ccc2c(c1)Oc1cccc3cc(-c4ccc(-c5ccc(-c6cccc7oc8ccccc8c67)cc5)cc4)cc-2c13. The molecular weight excluding hydrogens is 512 g/mol. The highest BCUT2D eigenvalue weighted by atomic mass is 16.5. The van der Waals surface area contributed by atoms with Gasteiger partial charge >= 0.3 is 0 Å². The van der Waals surface area contributed by atoms with Crippen molar-refractivity contribution in [3.63, 3.8) is 0 Å². The zero-order valence-electron chi connectivity index (χ0n) is 22.7. The van der Waals surface area contributed by atoms with Crippen LogP contribution < -0.4 is 4.74 Å². The van der Waals surface area contributed by atoms with Crippen LogP contribution in [0, 0.1) is 0 Å². The van der Waals surface area contributed by atoms with Gasteiger partial charge in [-0.05, 0) is 80.7 Å². The van der Waals surface area contributed by atoms with Gasteiger partial charge in [0, 0.05) is 21.7 Å². The highest BCUT2D eigenvalue weighted by Crippen LogP contribution is 2.48. The molecule has 0 radical (unpaired) electrons. The van der Waals surface area contributed by atoms with E-state index in [1.165, 1.54) is 55.1 Å². The van der Waals surface area contributed by atoms with Crippen molar-refractivity contribution in [2.75, 3.05) is 0 Å². The fraction of sp³-hybridized carbons (Fsp3) is 0. The molecule has 2 heteroatoms. The number of ether oxygens (including phenoxy) is 1. The highest BCUT2D eigenvalue weighted by molar-refractivity contribution is 6.12. The molecule has 7 aromatic carbocycles. The first-order valence-electron chi connectivity index (χ1n) is 14.3. The molecule has 196 valence electrons. The summed E-state index contributed by atoms with van der Waals surface area (Å²) >= 11 is 0. The van der Waals surface area contributed by atoms with Gasteiger partial charge in [0.15, 0.2) is 0 Å². The number of para-hydroxylation sites is 2. The minimum Gasteiger partial charge on any atom is -0.456 e. The molecular formula is C40H24O2. The largest absolute Gasteiger partial charge is 0.456 e. The maximum absolute atomic E-state index is 6.23. The van der Waals surface area contributed by atoms with E-state index in [1.54, 1.807) is 0 Å². The Morgan fingerprint density at radius 3 is 1.81 bits per heavy atom. The van der Waals surface area contributed by atoms with E-state index in [1.807, 2.05) is 30.3 Å². The van der Waals surface area contributed by atoms with E-state index in [9.17, 15) is 0 Å². The first-order valence-corrected chi connectivity index (χ1v) is 14.3. The first-order chi connectivity index (χ1) is 20.8. The zero-order chi connectivity index (χ0) is 27.6. The van der Waals surface area contributed by atoms with E-state index >= 15 is 0 Å². The lowest BCUT2D eigenvalue weighted by Gasteiger charge is -2.22. The Balaban J connectivity index is 1.08. The number of hydrogen-bond donors (Lipinski definition) is 0. The van der Waals surface area contributed by atoms with E-state index in [-0.39, 0.29) is 0 Å². The third-order valence-corrected chi connectivity index (χ3v) is 8.49. The predicted molar refractivity (Wildman–Crippen MR) is 173 cm³/mol. The highest BCUT2D eigenvalue weighted by Gasteiger charge is 2.20. The fourth-order valence-corrected chi connectivity index (χ4v) is 6.47. The lowest BCUT2D eigenvalue weighted by molar-refractivity contribution is 0.487. The van der Waals surface area contributed by atoms with Crippen LogP contribution in [-0.4, -0.2) is 0 Å². The first kappa shape index (κ1) is 23.1. The number of rotatable bonds is 3. The summed E-state index contributed by atoms with van der Waals surface area (Å²) in [7, 11) is 0. The third-order valence-electron chi connectivity index (χ3n) is 8.49. The van der Waals surface area contributed by atoms with Crippen LogP contribution in [0.4, 0.5) is 0 Å². The molecule has 0 saturated heterocycles. The van der Waals surface area contributed by atoms with Crippen molar-refractivity contribution in [2.45, 2.75) is 0 Å². The van der Waals surface area contributed by atoms with Crippen molar-refractivity contribution in [2.24, 2.45) is 0 Å². The van der Waals surface area contributed by atoms with Crippen molar-refractivity contribution < 1.29 is 9.15 Å². The Labute approximate surface area is 243 Å². The topological polar surface area (TPSA) is 22.4 Å². The van der Waals surface area contributed by atoms with Gasteiger partial charge in [0.2, 0.25) is 0 Å². The summed E-state index contributed by atoms with van der Waals surface area (Å²) in [6, 6.07) is 51.5. The van der Waals surface area contributed by atoms with E-state index in [0.717, 1.165) is 33.6 Å². The molecule has 0 aliphatic carbocycles. The molecule has 2 nitrogen and oxygen atoms in total. The second-order valence-corrected chi connectivity index (χ2v) is 10.9. The van der Waals surface area contributed by atoms with E-state index in [2.05, 4.69) is 115 Å². The Morgan fingerprint density at radius 2 is 0.976 bits per heavy atom. The van der Waals surface area contributed by atoms with Crippen LogP contribution in [0.2, 0.25) is 0 Å². The Morgan fingerprint density at radius 1 is 0.357 bits per heavy atom. The Hall–Kier alpha value is -5.60. The third kappa shape index (κ3) is 3.52. The quantitative estimate of drug-likeness (QED) is 0.224. The fourth-order valence-electron chi connectivity index (χ4n) is 6.47. The summed E-state index contributed by atoms with van der Waals surface area (Å²) in [5.41, 5.74) is 11.4. The van der Waals surface area contributed by atoms with E-state index in [4.69, 9.17) is 9.15 Å². The standard InChI is InChI=1S/C40H24O2/c1-3-11-35-32(8-1)34-24-30(23-29-7-5-13-37(41-35)39(29)34)27-17-15-25(16-18-27)26-19-21-28(22-20-26)31-10-6-14-38-40(31)33-9-2-4-12-36(33)42-38/h1-24H. The lowest BCUT2D eigenvalue weighted by Crippen LogP contribution is -1.97. The normalized spacial score (nSPS) is 12.0. The van der Waals surface area contributed by atoms with Crippen molar-refractivity contribution >= 4 is 32.7 Å². The molecule has 0 fully saturated rings. The second-order valence-electron chi connectivity index (χ2n) is 10.9. The minimum absolute atomic E-state index is 0.908. The van der Waals surface area contributed by atoms with Crippen LogP contribution >= 0.6 is 0 Å². The summed E-state index contributed by atoms with van der Waals surface area (Å²) in [5, 5.41) is 4.68. The van der Waals surface area contributed by atoms with Gasteiger partial charge in [-0.1, -0.05) is 109 Å². The van der Waals surface area contributed by atoms with Crippen LogP contribution in [0.25, 0.3) is 77.2 Å². The van der Waals surface area contributed by atoms with Crippen LogP contribution in [0.5, 0.6) is 11.5 Å². The van der Waals surface area contributed by atoms with Gasteiger partial charge in [-0.2, -0.15) is 0 Å². The molecule has 42 heavy (non-hydrogen) atoms. The number of fused-ring (bicyclic) bond motifs is 5. The maximum Gasteiger partial charge on any atom is 0.136 e. The molecule has 0 spiro atoms. The number of benzene rings is 7. The molecule has 8 aromatic rings. The van der Waals surface area contributed by atoms with Crippen LogP contribution in [0.15, 0.2) is 150 Å². The molecule has 1 aliphatic heterocycles. The van der Waals surface area contributed by atoms with Gasteiger partial charge in [-0.3, -0.25) is 0 Å². The van der Waals surface area contributed by atoms with Gasteiger partial charge in [0.05, 0.1) is 0 Å². The van der Waals surface area contributed by atoms with Crippen molar-refractivity contribution in [1.82, 2.24) is 0 Å². The second kappa shape index (κ2) is 8.95. The summed E-state index contributed by atoms with van der Waals surface area (Å²) in [4.78, 5) is 0. The molecule has 0 amide bonds. The van der Waals surface area contributed by atoms with E-state index in [0.29, 0.717) is 0 Å². The molecule has 0 N–H and O–H groups in total. The average Bonchev–Trinajstić information content (AvgIpc) is 3.44. The van der Waals surface area contributed by atoms with Gasteiger partial charge in [-0.25, -0.2) is 0 Å². The van der Waals surface area contributed by atoms with Gasteiger partial charge < -0.3 is 9.15 Å². The molecule has 0 bridgehead atoms. The van der Waals surface area contributed by atoms with E-state index < -0.39 is 0 Å². The smallest absolute Gasteiger partial charge is 0.136 e. The molecule has 0 saturated carbocycles. The number of hydrogen-bond acceptors (Lipinski definition) is 2. The van der Waals surface area contributed by atoms with Crippen LogP contribution in [-0.2, 0) is 0 Å². The summed E-state index contributed by atoms with van der Waals surface area (Å²) in [5.74, 6) is 1.83. The molecule has 0 unspecified atom stereocenters. The monoisotopic (exact) mass is 536 g/mol.